The lowest BCUT2D eigenvalue weighted by atomic mass is 10.1. The molecule has 0 radical (unpaired) electrons. The molecule has 1 unspecified atom stereocenters. The Morgan fingerprint density at radius 3 is 2.75 bits per heavy atom. The number of carbonyl (C=O) groups is 1. The highest BCUT2D eigenvalue weighted by Gasteiger charge is 2.10. The first-order valence-electron chi connectivity index (χ1n) is 4.70. The molecule has 1 aromatic carbocycles. The Kier molecular flexibility index (Phi) is 4.24. The molecular formula is C10H14N2O4. The van der Waals surface area contributed by atoms with Crippen LogP contribution < -0.4 is 11.1 Å². The van der Waals surface area contributed by atoms with Crippen LogP contribution >= 0.6 is 0 Å². The summed E-state index contributed by atoms with van der Waals surface area (Å²) in [5.74, 6) is -0.788. The average molecular weight is 226 g/mol. The molecule has 6 nitrogen and oxygen atoms in total. The standard InChI is InChI=1S/C10H14N2O4/c11-4-9(15)6-1-2-8(14)7(3-6)12-10(16)5-13/h1-3,9,13-15H,4-5,11H2,(H,12,16). The van der Waals surface area contributed by atoms with E-state index in [4.69, 9.17) is 10.8 Å². The minimum atomic E-state index is -0.856. The zero-order valence-corrected chi connectivity index (χ0v) is 8.55. The van der Waals surface area contributed by atoms with Gasteiger partial charge in [0.25, 0.3) is 0 Å². The molecule has 1 amide bonds. The summed E-state index contributed by atoms with van der Waals surface area (Å²) in [6.07, 6.45) is -0.856. The number of anilines is 1. The Bertz CT molecular complexity index is 381. The van der Waals surface area contributed by atoms with Crippen LogP contribution in [-0.2, 0) is 4.79 Å². The third kappa shape index (κ3) is 2.93. The van der Waals surface area contributed by atoms with Crippen molar-refractivity contribution in [2.75, 3.05) is 18.5 Å². The molecule has 0 spiro atoms. The molecule has 1 rings (SSSR count). The maximum absolute atomic E-state index is 10.9. The van der Waals surface area contributed by atoms with Gasteiger partial charge in [0.1, 0.15) is 12.4 Å². The number of benzene rings is 1. The monoisotopic (exact) mass is 226 g/mol. The number of nitrogens with one attached hydrogen (secondary N) is 1. The SMILES string of the molecule is NCC(O)c1ccc(O)c(NC(=O)CO)c1. The molecule has 1 aromatic rings. The van der Waals surface area contributed by atoms with Gasteiger partial charge in [0.05, 0.1) is 11.8 Å². The number of hydrogen-bond acceptors (Lipinski definition) is 5. The first-order chi connectivity index (χ1) is 7.58. The van der Waals surface area contributed by atoms with E-state index in [2.05, 4.69) is 5.32 Å². The largest absolute Gasteiger partial charge is 0.506 e. The van der Waals surface area contributed by atoms with Gasteiger partial charge in [0, 0.05) is 6.54 Å². The van der Waals surface area contributed by atoms with E-state index in [0.29, 0.717) is 5.56 Å². The van der Waals surface area contributed by atoms with E-state index in [1.54, 1.807) is 0 Å². The smallest absolute Gasteiger partial charge is 0.250 e. The minimum absolute atomic E-state index is 0.0398. The summed E-state index contributed by atoms with van der Waals surface area (Å²) < 4.78 is 0. The summed E-state index contributed by atoms with van der Waals surface area (Å²) in [4.78, 5) is 10.9. The molecule has 88 valence electrons. The summed E-state index contributed by atoms with van der Waals surface area (Å²) >= 11 is 0. The van der Waals surface area contributed by atoms with Crippen LogP contribution in [0.15, 0.2) is 18.2 Å². The van der Waals surface area contributed by atoms with Crippen molar-refractivity contribution in [2.45, 2.75) is 6.10 Å². The molecule has 0 saturated carbocycles. The van der Waals surface area contributed by atoms with Crippen LogP contribution in [0.1, 0.15) is 11.7 Å². The van der Waals surface area contributed by atoms with Gasteiger partial charge in [-0.25, -0.2) is 0 Å². The number of phenolic OH excluding ortho intramolecular Hbond substituents is 1. The molecule has 0 aliphatic rings. The summed E-state index contributed by atoms with van der Waals surface area (Å²) in [7, 11) is 0. The third-order valence-corrected chi connectivity index (χ3v) is 2.05. The van der Waals surface area contributed by atoms with E-state index < -0.39 is 18.6 Å². The predicted octanol–water partition coefficient (Wildman–Crippen LogP) is -0.685. The van der Waals surface area contributed by atoms with Crippen LogP contribution in [0.5, 0.6) is 5.75 Å². The number of aliphatic hydroxyl groups is 2. The number of nitrogens with two attached hydrogens (primary N) is 1. The molecule has 0 fully saturated rings. The van der Waals surface area contributed by atoms with Gasteiger partial charge in [0.15, 0.2) is 0 Å². The van der Waals surface area contributed by atoms with Crippen molar-refractivity contribution < 1.29 is 20.1 Å². The second-order valence-electron chi connectivity index (χ2n) is 3.23. The van der Waals surface area contributed by atoms with Crippen molar-refractivity contribution in [1.82, 2.24) is 0 Å². The molecule has 16 heavy (non-hydrogen) atoms. The lowest BCUT2D eigenvalue weighted by Crippen LogP contribution is -2.16. The molecular weight excluding hydrogens is 212 g/mol. The first-order valence-corrected chi connectivity index (χ1v) is 4.70. The lowest BCUT2D eigenvalue weighted by Gasteiger charge is -2.11. The van der Waals surface area contributed by atoms with Crippen LogP contribution in [-0.4, -0.2) is 34.4 Å². The average Bonchev–Trinajstić information content (AvgIpc) is 2.30. The Morgan fingerprint density at radius 2 is 2.19 bits per heavy atom. The Morgan fingerprint density at radius 1 is 1.50 bits per heavy atom. The Labute approximate surface area is 92.3 Å². The summed E-state index contributed by atoms with van der Waals surface area (Å²) in [6, 6.07) is 4.24. The second kappa shape index (κ2) is 5.45. The molecule has 0 bridgehead atoms. The highest BCUT2D eigenvalue weighted by atomic mass is 16.3. The van der Waals surface area contributed by atoms with Gasteiger partial charge in [-0.3, -0.25) is 4.79 Å². The zero-order valence-electron chi connectivity index (χ0n) is 8.55. The highest BCUT2D eigenvalue weighted by molar-refractivity contribution is 5.93. The van der Waals surface area contributed by atoms with Gasteiger partial charge in [-0.2, -0.15) is 0 Å². The van der Waals surface area contributed by atoms with E-state index in [-0.39, 0.29) is 18.0 Å². The van der Waals surface area contributed by atoms with Crippen molar-refractivity contribution in [2.24, 2.45) is 5.73 Å². The molecule has 6 heteroatoms. The minimum Gasteiger partial charge on any atom is -0.506 e. The first kappa shape index (κ1) is 12.4. The van der Waals surface area contributed by atoms with Crippen LogP contribution in [0, 0.1) is 0 Å². The topological polar surface area (TPSA) is 116 Å². The van der Waals surface area contributed by atoms with E-state index in [9.17, 15) is 15.0 Å². The van der Waals surface area contributed by atoms with Crippen molar-refractivity contribution in [1.29, 1.82) is 0 Å². The molecule has 1 atom stereocenters. The number of phenols is 1. The predicted molar refractivity (Wildman–Crippen MR) is 57.8 cm³/mol. The summed E-state index contributed by atoms with van der Waals surface area (Å²) in [5.41, 5.74) is 5.89. The van der Waals surface area contributed by atoms with Gasteiger partial charge in [-0.05, 0) is 17.7 Å². The highest BCUT2D eigenvalue weighted by Crippen LogP contribution is 2.26. The fourth-order valence-electron chi connectivity index (χ4n) is 1.19. The van der Waals surface area contributed by atoms with E-state index in [1.165, 1.54) is 18.2 Å². The molecule has 0 heterocycles. The van der Waals surface area contributed by atoms with Crippen molar-refractivity contribution in [3.63, 3.8) is 0 Å². The van der Waals surface area contributed by atoms with E-state index in [0.717, 1.165) is 0 Å². The maximum Gasteiger partial charge on any atom is 0.250 e. The van der Waals surface area contributed by atoms with Crippen LogP contribution in [0.3, 0.4) is 0 Å². The van der Waals surface area contributed by atoms with E-state index in [1.807, 2.05) is 0 Å². The number of aliphatic hydroxyl groups excluding tert-OH is 2. The van der Waals surface area contributed by atoms with Crippen molar-refractivity contribution in [3.05, 3.63) is 23.8 Å². The van der Waals surface area contributed by atoms with Crippen LogP contribution in [0.2, 0.25) is 0 Å². The van der Waals surface area contributed by atoms with Gasteiger partial charge < -0.3 is 26.4 Å². The van der Waals surface area contributed by atoms with Crippen LogP contribution in [0.25, 0.3) is 0 Å². The van der Waals surface area contributed by atoms with Crippen molar-refractivity contribution in [3.8, 4) is 5.75 Å². The number of carbonyl (C=O) groups excluding carboxylic acids is 1. The third-order valence-electron chi connectivity index (χ3n) is 2.05. The normalized spacial score (nSPS) is 12.2. The fourth-order valence-corrected chi connectivity index (χ4v) is 1.19. The number of rotatable bonds is 4. The number of amides is 1. The molecule has 0 aliphatic heterocycles. The van der Waals surface area contributed by atoms with Crippen LogP contribution in [0.4, 0.5) is 5.69 Å². The van der Waals surface area contributed by atoms with Gasteiger partial charge in [0.2, 0.25) is 5.91 Å². The van der Waals surface area contributed by atoms with E-state index >= 15 is 0 Å². The molecule has 0 aliphatic carbocycles. The summed E-state index contributed by atoms with van der Waals surface area (Å²) in [5, 5.41) is 29.7. The fraction of sp³-hybridized carbons (Fsp3) is 0.300. The quantitative estimate of drug-likeness (QED) is 0.436. The maximum atomic E-state index is 10.9. The second-order valence-corrected chi connectivity index (χ2v) is 3.23. The Balaban J connectivity index is 2.94. The molecule has 0 aromatic heterocycles. The van der Waals surface area contributed by atoms with Gasteiger partial charge in [-0.15, -0.1) is 0 Å². The van der Waals surface area contributed by atoms with Gasteiger partial charge >= 0.3 is 0 Å². The molecule has 0 saturated heterocycles. The Hall–Kier alpha value is -1.63. The zero-order chi connectivity index (χ0) is 12.1. The van der Waals surface area contributed by atoms with Gasteiger partial charge in [-0.1, -0.05) is 6.07 Å². The number of aromatic hydroxyl groups is 1. The van der Waals surface area contributed by atoms with Crippen molar-refractivity contribution >= 4 is 11.6 Å². The molecule has 6 N–H and O–H groups in total. The summed E-state index contributed by atoms with van der Waals surface area (Å²) in [6.45, 7) is -0.638. The number of hydrogen-bond donors (Lipinski definition) is 5. The lowest BCUT2D eigenvalue weighted by molar-refractivity contribution is -0.118.